The van der Waals surface area contributed by atoms with E-state index in [0.717, 1.165) is 6.07 Å². The Bertz CT molecular complexity index is 936. The number of likely N-dealkylation sites (N-methyl/N-ethyl adjacent to an activating group) is 1. The molecule has 0 spiro atoms. The van der Waals surface area contributed by atoms with Crippen LogP contribution in [0.15, 0.2) is 42.5 Å². The number of rotatable bonds is 7. The van der Waals surface area contributed by atoms with Crippen LogP contribution in [0.4, 0.5) is 10.1 Å². The maximum absolute atomic E-state index is 13.9. The summed E-state index contributed by atoms with van der Waals surface area (Å²) in [5.74, 6) is -1.74. The lowest BCUT2D eigenvalue weighted by atomic mass is 10.0. The summed E-state index contributed by atoms with van der Waals surface area (Å²) in [7, 11) is 1.52. The highest BCUT2D eigenvalue weighted by Crippen LogP contribution is 2.25. The molecule has 0 saturated carbocycles. The summed E-state index contributed by atoms with van der Waals surface area (Å²) in [6.07, 6.45) is 0. The molecule has 7 nitrogen and oxygen atoms in total. The molecule has 1 atom stereocenters. The second kappa shape index (κ2) is 9.47. The van der Waals surface area contributed by atoms with Gasteiger partial charge >= 0.3 is 0 Å². The third kappa shape index (κ3) is 5.51. The Balaban J connectivity index is 2.18. The first-order valence-corrected chi connectivity index (χ1v) is 9.22. The summed E-state index contributed by atoms with van der Waals surface area (Å²) in [6, 6.07) is 8.88. The fourth-order valence-corrected chi connectivity index (χ4v) is 2.92. The van der Waals surface area contributed by atoms with Gasteiger partial charge in [0.25, 0.3) is 11.6 Å². The molecule has 154 valence electrons. The van der Waals surface area contributed by atoms with E-state index in [1.165, 1.54) is 30.1 Å². The summed E-state index contributed by atoms with van der Waals surface area (Å²) < 4.78 is 13.9. The smallest absolute Gasteiger partial charge is 0.288 e. The number of halogens is 2. The van der Waals surface area contributed by atoms with Crippen LogP contribution in [0, 0.1) is 21.8 Å². The molecular weight excluding hydrogens is 401 g/mol. The van der Waals surface area contributed by atoms with E-state index in [0.29, 0.717) is 5.56 Å². The fraction of sp³-hybridized carbons (Fsp3) is 0.300. The van der Waals surface area contributed by atoms with Crippen LogP contribution < -0.4 is 5.32 Å². The number of nitro benzene ring substituents is 1. The number of hydrogen-bond acceptors (Lipinski definition) is 4. The van der Waals surface area contributed by atoms with Gasteiger partial charge in [-0.2, -0.15) is 0 Å². The fourth-order valence-electron chi connectivity index (χ4n) is 2.73. The molecule has 2 rings (SSSR count). The van der Waals surface area contributed by atoms with E-state index < -0.39 is 34.3 Å². The number of benzene rings is 2. The summed E-state index contributed by atoms with van der Waals surface area (Å²) in [6.45, 7) is 3.55. The first kappa shape index (κ1) is 22.3. The van der Waals surface area contributed by atoms with Gasteiger partial charge in [0.15, 0.2) is 0 Å². The van der Waals surface area contributed by atoms with Crippen molar-refractivity contribution in [3.05, 3.63) is 74.5 Å². The van der Waals surface area contributed by atoms with Crippen molar-refractivity contribution >= 4 is 29.1 Å². The molecule has 0 aliphatic carbocycles. The number of carbonyl (C=O) groups excluding carboxylic acids is 2. The normalized spacial score (nSPS) is 11.8. The Hall–Kier alpha value is -3.00. The highest BCUT2D eigenvalue weighted by atomic mass is 35.5. The summed E-state index contributed by atoms with van der Waals surface area (Å²) in [5.41, 5.74) is -0.0368. The molecule has 0 radical (unpaired) electrons. The van der Waals surface area contributed by atoms with E-state index in [1.54, 1.807) is 32.0 Å². The lowest BCUT2D eigenvalue weighted by molar-refractivity contribution is -0.384. The molecule has 0 aromatic heterocycles. The predicted molar refractivity (Wildman–Crippen MR) is 107 cm³/mol. The van der Waals surface area contributed by atoms with E-state index in [1.807, 2.05) is 0 Å². The van der Waals surface area contributed by atoms with Crippen molar-refractivity contribution in [3.63, 3.8) is 0 Å². The summed E-state index contributed by atoms with van der Waals surface area (Å²) in [5, 5.41) is 13.5. The Labute approximate surface area is 172 Å². The van der Waals surface area contributed by atoms with Crippen LogP contribution in [0.2, 0.25) is 5.02 Å². The Morgan fingerprint density at radius 1 is 1.24 bits per heavy atom. The van der Waals surface area contributed by atoms with Crippen molar-refractivity contribution in [2.75, 3.05) is 7.05 Å². The zero-order valence-corrected chi connectivity index (χ0v) is 16.9. The maximum Gasteiger partial charge on any atom is 0.288 e. The van der Waals surface area contributed by atoms with Gasteiger partial charge in [-0.1, -0.05) is 43.6 Å². The number of nitrogens with zero attached hydrogens (tertiary/aromatic N) is 2. The van der Waals surface area contributed by atoms with Gasteiger partial charge in [0.2, 0.25) is 5.91 Å². The van der Waals surface area contributed by atoms with Crippen molar-refractivity contribution in [3.8, 4) is 0 Å². The number of nitrogens with one attached hydrogen (secondary N) is 1. The third-order valence-corrected chi connectivity index (χ3v) is 4.69. The second-order valence-electron chi connectivity index (χ2n) is 6.90. The van der Waals surface area contributed by atoms with Crippen LogP contribution in [0.3, 0.4) is 0 Å². The molecule has 2 aromatic rings. The van der Waals surface area contributed by atoms with Crippen LogP contribution in [0.25, 0.3) is 0 Å². The average Bonchev–Trinajstić information content (AvgIpc) is 2.67. The van der Waals surface area contributed by atoms with Gasteiger partial charge < -0.3 is 10.2 Å². The van der Waals surface area contributed by atoms with Crippen LogP contribution in [0.5, 0.6) is 0 Å². The van der Waals surface area contributed by atoms with Crippen molar-refractivity contribution in [1.29, 1.82) is 0 Å². The Morgan fingerprint density at radius 2 is 1.90 bits per heavy atom. The molecule has 1 unspecified atom stereocenters. The third-order valence-electron chi connectivity index (χ3n) is 4.37. The number of amides is 2. The van der Waals surface area contributed by atoms with Gasteiger partial charge in [0, 0.05) is 30.8 Å². The maximum atomic E-state index is 13.9. The highest BCUT2D eigenvalue weighted by molar-refractivity contribution is 6.32. The van der Waals surface area contributed by atoms with E-state index in [2.05, 4.69) is 5.32 Å². The number of hydrogen-bond donors (Lipinski definition) is 1. The minimum Gasteiger partial charge on any atom is -0.340 e. The molecule has 0 fully saturated rings. The molecule has 9 heteroatoms. The predicted octanol–water partition coefficient (Wildman–Crippen LogP) is 3.80. The monoisotopic (exact) mass is 421 g/mol. The van der Waals surface area contributed by atoms with E-state index in [4.69, 9.17) is 11.6 Å². The molecule has 0 aliphatic rings. The minimum atomic E-state index is -0.894. The van der Waals surface area contributed by atoms with Crippen molar-refractivity contribution in [1.82, 2.24) is 10.2 Å². The zero-order chi connectivity index (χ0) is 21.7. The molecule has 0 aliphatic heterocycles. The van der Waals surface area contributed by atoms with Crippen LogP contribution in [-0.2, 0) is 11.3 Å². The average molecular weight is 422 g/mol. The molecule has 1 N–H and O–H groups in total. The van der Waals surface area contributed by atoms with E-state index in [9.17, 15) is 24.1 Å². The highest BCUT2D eigenvalue weighted by Gasteiger charge is 2.28. The molecule has 0 heterocycles. The van der Waals surface area contributed by atoms with Crippen LogP contribution in [0.1, 0.15) is 29.8 Å². The van der Waals surface area contributed by atoms with Gasteiger partial charge in [-0.25, -0.2) is 4.39 Å². The molecule has 0 saturated heterocycles. The molecule has 0 bridgehead atoms. The van der Waals surface area contributed by atoms with E-state index in [-0.39, 0.29) is 23.0 Å². The van der Waals surface area contributed by atoms with E-state index >= 15 is 0 Å². The van der Waals surface area contributed by atoms with Crippen molar-refractivity contribution in [2.24, 2.45) is 5.92 Å². The Kier molecular flexibility index (Phi) is 7.28. The lowest BCUT2D eigenvalue weighted by Gasteiger charge is -2.27. The second-order valence-corrected chi connectivity index (χ2v) is 7.31. The molecular formula is C20H21ClFN3O4. The topological polar surface area (TPSA) is 92.5 Å². The van der Waals surface area contributed by atoms with Gasteiger partial charge in [0.05, 0.1) is 4.92 Å². The molecule has 29 heavy (non-hydrogen) atoms. The lowest BCUT2D eigenvalue weighted by Crippen LogP contribution is -2.50. The quantitative estimate of drug-likeness (QED) is 0.543. The number of carbonyl (C=O) groups is 2. The zero-order valence-electron chi connectivity index (χ0n) is 16.2. The van der Waals surface area contributed by atoms with Crippen molar-refractivity contribution < 1.29 is 18.9 Å². The first-order valence-electron chi connectivity index (χ1n) is 8.85. The summed E-state index contributed by atoms with van der Waals surface area (Å²) in [4.78, 5) is 37.1. The van der Waals surface area contributed by atoms with Crippen molar-refractivity contribution in [2.45, 2.75) is 26.4 Å². The largest absolute Gasteiger partial charge is 0.340 e. The van der Waals surface area contributed by atoms with Gasteiger partial charge in [-0.15, -0.1) is 0 Å². The van der Waals surface area contributed by atoms with Crippen LogP contribution >= 0.6 is 11.6 Å². The van der Waals surface area contributed by atoms with Gasteiger partial charge in [-0.3, -0.25) is 19.7 Å². The van der Waals surface area contributed by atoms with Gasteiger partial charge in [0.1, 0.15) is 16.9 Å². The minimum absolute atomic E-state index is 0.0105. The Morgan fingerprint density at radius 3 is 2.48 bits per heavy atom. The molecule has 2 aromatic carbocycles. The molecule has 2 amide bonds. The SMILES string of the molecule is CC(C)C(NC(=O)c1ccc(Cl)c([N+](=O)[O-])c1)C(=O)N(C)Cc1ccccc1F. The number of nitro groups is 1. The van der Waals surface area contributed by atoms with Gasteiger partial charge in [-0.05, 0) is 24.1 Å². The van der Waals surface area contributed by atoms with Crippen LogP contribution in [-0.4, -0.2) is 34.7 Å². The standard InChI is InChI=1S/C20H21ClFN3O4/c1-12(2)18(20(27)24(3)11-14-6-4-5-7-16(14)22)23-19(26)13-8-9-15(21)17(10-13)25(28)29/h4-10,12,18H,11H2,1-3H3,(H,23,26). The first-order chi connectivity index (χ1) is 13.6. The summed E-state index contributed by atoms with van der Waals surface area (Å²) >= 11 is 5.77.